The topological polar surface area (TPSA) is 47.6 Å². The molecule has 0 radical (unpaired) electrons. The molecule has 0 fully saturated rings. The van der Waals surface area contributed by atoms with Crippen molar-refractivity contribution in [3.8, 4) is 11.5 Å². The van der Waals surface area contributed by atoms with Gasteiger partial charge in [0.1, 0.15) is 13.2 Å². The van der Waals surface area contributed by atoms with Crippen molar-refractivity contribution in [2.24, 2.45) is 0 Å². The number of nitrogens with one attached hydrogen (secondary N) is 1. The van der Waals surface area contributed by atoms with Crippen molar-refractivity contribution in [3.05, 3.63) is 59.2 Å². The number of ether oxygens (including phenoxy) is 2. The van der Waals surface area contributed by atoms with Crippen molar-refractivity contribution in [2.75, 3.05) is 19.0 Å². The normalized spacial score (nSPS) is 13.9. The van der Waals surface area contributed by atoms with Gasteiger partial charge in [0.2, 0.25) is 5.91 Å². The molecule has 0 aromatic heterocycles. The quantitative estimate of drug-likeness (QED) is 0.790. The van der Waals surface area contributed by atoms with Gasteiger partial charge in [0.15, 0.2) is 11.5 Å². The van der Waals surface area contributed by atoms with E-state index in [4.69, 9.17) is 9.47 Å². The van der Waals surface area contributed by atoms with Gasteiger partial charge in [0, 0.05) is 5.75 Å². The number of amides is 1. The third-order valence-electron chi connectivity index (χ3n) is 4.30. The molecule has 1 aliphatic heterocycles. The number of fused-ring (bicyclic) bond motifs is 1. The number of rotatable bonds is 7. The second-order valence-corrected chi connectivity index (χ2v) is 7.40. The summed E-state index contributed by atoms with van der Waals surface area (Å²) in [7, 11) is 0. The predicted octanol–water partition coefficient (Wildman–Crippen LogP) is 4.27. The van der Waals surface area contributed by atoms with Gasteiger partial charge in [-0.25, -0.2) is 0 Å². The summed E-state index contributed by atoms with van der Waals surface area (Å²) in [6.07, 6.45) is 0.827. The van der Waals surface area contributed by atoms with E-state index in [1.807, 2.05) is 18.2 Å². The lowest BCUT2D eigenvalue weighted by Crippen LogP contribution is -2.29. The van der Waals surface area contributed by atoms with Crippen molar-refractivity contribution >= 4 is 17.7 Å². The van der Waals surface area contributed by atoms with Crippen LogP contribution in [0.2, 0.25) is 0 Å². The molecule has 1 atom stereocenters. The molecule has 1 amide bonds. The Morgan fingerprint density at radius 3 is 2.73 bits per heavy atom. The molecular weight excluding hydrogens is 346 g/mol. The molecule has 0 aliphatic carbocycles. The lowest BCUT2D eigenvalue weighted by atomic mass is 10.0. The van der Waals surface area contributed by atoms with Crippen LogP contribution in [-0.4, -0.2) is 24.9 Å². The molecule has 1 N–H and O–H groups in total. The highest BCUT2D eigenvalue weighted by atomic mass is 32.2. The van der Waals surface area contributed by atoms with Gasteiger partial charge in [0.05, 0.1) is 11.8 Å². The van der Waals surface area contributed by atoms with Gasteiger partial charge >= 0.3 is 0 Å². The highest BCUT2D eigenvalue weighted by Crippen LogP contribution is 2.33. The summed E-state index contributed by atoms with van der Waals surface area (Å²) < 4.78 is 11.2. The molecule has 0 saturated carbocycles. The first-order chi connectivity index (χ1) is 12.7. The highest BCUT2D eigenvalue weighted by molar-refractivity contribution is 7.99. The Labute approximate surface area is 159 Å². The molecule has 26 heavy (non-hydrogen) atoms. The van der Waals surface area contributed by atoms with Crippen LogP contribution in [0.3, 0.4) is 0 Å². The highest BCUT2D eigenvalue weighted by Gasteiger charge is 2.17. The second-order valence-electron chi connectivity index (χ2n) is 6.41. The van der Waals surface area contributed by atoms with E-state index in [1.54, 1.807) is 11.8 Å². The second kappa shape index (κ2) is 8.99. The molecule has 138 valence electrons. The van der Waals surface area contributed by atoms with E-state index in [-0.39, 0.29) is 11.9 Å². The van der Waals surface area contributed by atoms with E-state index in [0.717, 1.165) is 29.2 Å². The summed E-state index contributed by atoms with van der Waals surface area (Å²) >= 11 is 1.64. The van der Waals surface area contributed by atoms with Gasteiger partial charge in [0.25, 0.3) is 0 Å². The van der Waals surface area contributed by atoms with Crippen LogP contribution in [0.1, 0.15) is 36.1 Å². The van der Waals surface area contributed by atoms with Crippen molar-refractivity contribution in [1.29, 1.82) is 0 Å². The molecule has 1 aliphatic rings. The number of hydrogen-bond donors (Lipinski definition) is 1. The Morgan fingerprint density at radius 2 is 1.96 bits per heavy atom. The summed E-state index contributed by atoms with van der Waals surface area (Å²) in [6, 6.07) is 14.3. The number of carbonyl (C=O) groups excluding carboxylic acids is 1. The summed E-state index contributed by atoms with van der Waals surface area (Å²) in [5.41, 5.74) is 3.55. The number of hydrogen-bond acceptors (Lipinski definition) is 4. The fourth-order valence-corrected chi connectivity index (χ4v) is 3.78. The zero-order valence-corrected chi connectivity index (χ0v) is 16.1. The standard InChI is InChI=1S/C21H25NO3S/c1-3-18(17-7-8-19-20(12-17)25-10-9-24-19)22-21(23)14-26-13-16-6-4-5-15(2)11-16/h4-8,11-12,18H,3,9-10,13-14H2,1-2H3,(H,22,23). The minimum absolute atomic E-state index is 0.0158. The van der Waals surface area contributed by atoms with Gasteiger partial charge in [-0.2, -0.15) is 0 Å². The molecule has 1 heterocycles. The minimum atomic E-state index is -0.0158. The van der Waals surface area contributed by atoms with E-state index in [1.165, 1.54) is 11.1 Å². The van der Waals surface area contributed by atoms with Crippen molar-refractivity contribution < 1.29 is 14.3 Å². The van der Waals surface area contributed by atoms with E-state index in [9.17, 15) is 4.79 Å². The molecule has 1 unspecified atom stereocenters. The lowest BCUT2D eigenvalue weighted by Gasteiger charge is -2.22. The zero-order chi connectivity index (χ0) is 18.4. The van der Waals surface area contributed by atoms with Crippen LogP contribution < -0.4 is 14.8 Å². The average molecular weight is 372 g/mol. The maximum Gasteiger partial charge on any atom is 0.230 e. The van der Waals surface area contributed by atoms with Crippen LogP contribution in [0, 0.1) is 6.92 Å². The average Bonchev–Trinajstić information content (AvgIpc) is 2.66. The van der Waals surface area contributed by atoms with Crippen molar-refractivity contribution in [2.45, 2.75) is 32.1 Å². The van der Waals surface area contributed by atoms with Crippen LogP contribution in [0.4, 0.5) is 0 Å². The lowest BCUT2D eigenvalue weighted by molar-refractivity contribution is -0.119. The Hall–Kier alpha value is -2.14. The molecule has 0 bridgehead atoms. The summed E-state index contributed by atoms with van der Waals surface area (Å²) in [4.78, 5) is 12.3. The molecule has 4 nitrogen and oxygen atoms in total. The Bertz CT molecular complexity index is 763. The first kappa shape index (κ1) is 18.6. The van der Waals surface area contributed by atoms with Gasteiger partial charge in [-0.05, 0) is 36.6 Å². The van der Waals surface area contributed by atoms with E-state index < -0.39 is 0 Å². The molecule has 2 aromatic carbocycles. The Morgan fingerprint density at radius 1 is 1.15 bits per heavy atom. The van der Waals surface area contributed by atoms with Crippen LogP contribution in [0.15, 0.2) is 42.5 Å². The van der Waals surface area contributed by atoms with Gasteiger partial charge < -0.3 is 14.8 Å². The van der Waals surface area contributed by atoms with Crippen LogP contribution >= 0.6 is 11.8 Å². The number of aryl methyl sites for hydroxylation is 1. The third kappa shape index (κ3) is 4.94. The fourth-order valence-electron chi connectivity index (χ4n) is 3.00. The van der Waals surface area contributed by atoms with E-state index >= 15 is 0 Å². The van der Waals surface area contributed by atoms with Gasteiger partial charge in [-0.3, -0.25) is 4.79 Å². The summed E-state index contributed by atoms with van der Waals surface area (Å²) in [5.74, 6) is 2.89. The van der Waals surface area contributed by atoms with E-state index in [2.05, 4.69) is 43.4 Å². The number of carbonyl (C=O) groups is 1. The first-order valence-corrected chi connectivity index (χ1v) is 10.1. The summed E-state index contributed by atoms with van der Waals surface area (Å²) in [6.45, 7) is 5.30. The third-order valence-corrected chi connectivity index (χ3v) is 5.30. The Balaban J connectivity index is 1.53. The first-order valence-electron chi connectivity index (χ1n) is 8.98. The van der Waals surface area contributed by atoms with Gasteiger partial charge in [-0.1, -0.05) is 42.8 Å². The molecule has 0 saturated heterocycles. The largest absolute Gasteiger partial charge is 0.486 e. The molecule has 3 rings (SSSR count). The molecule has 5 heteroatoms. The SMILES string of the molecule is CCC(NC(=O)CSCc1cccc(C)c1)c1ccc2c(c1)OCCO2. The van der Waals surface area contributed by atoms with Crippen LogP contribution in [0.25, 0.3) is 0 Å². The maximum absolute atomic E-state index is 12.3. The fraction of sp³-hybridized carbons (Fsp3) is 0.381. The molecule has 2 aromatic rings. The zero-order valence-electron chi connectivity index (χ0n) is 15.3. The van der Waals surface area contributed by atoms with Crippen molar-refractivity contribution in [1.82, 2.24) is 5.32 Å². The van der Waals surface area contributed by atoms with E-state index in [0.29, 0.717) is 19.0 Å². The Kier molecular flexibility index (Phi) is 6.45. The predicted molar refractivity (Wildman–Crippen MR) is 106 cm³/mol. The molecular formula is C21H25NO3S. The molecule has 0 spiro atoms. The van der Waals surface area contributed by atoms with Crippen LogP contribution in [0.5, 0.6) is 11.5 Å². The minimum Gasteiger partial charge on any atom is -0.486 e. The number of thioether (sulfide) groups is 1. The van der Waals surface area contributed by atoms with Crippen LogP contribution in [-0.2, 0) is 10.5 Å². The smallest absolute Gasteiger partial charge is 0.230 e. The maximum atomic E-state index is 12.3. The summed E-state index contributed by atoms with van der Waals surface area (Å²) in [5, 5.41) is 3.13. The van der Waals surface area contributed by atoms with Gasteiger partial charge in [-0.15, -0.1) is 11.8 Å². The number of benzene rings is 2. The monoisotopic (exact) mass is 371 g/mol. The van der Waals surface area contributed by atoms with Crippen molar-refractivity contribution in [3.63, 3.8) is 0 Å².